The number of hydrogen-bond acceptors (Lipinski definition) is 2. The van der Waals surface area contributed by atoms with Crippen molar-refractivity contribution in [1.29, 1.82) is 5.26 Å². The van der Waals surface area contributed by atoms with Crippen LogP contribution in [-0.2, 0) is 4.79 Å². The zero-order valence-electron chi connectivity index (χ0n) is 7.84. The molecule has 1 saturated carbocycles. The molecule has 1 aliphatic heterocycles. The maximum Gasteiger partial charge on any atom is 0.223 e. The first-order valence-electron chi connectivity index (χ1n) is 4.84. The molecule has 70 valence electrons. The highest BCUT2D eigenvalue weighted by Gasteiger charge is 2.44. The summed E-state index contributed by atoms with van der Waals surface area (Å²) in [5.74, 6) is 0.763. The van der Waals surface area contributed by atoms with Gasteiger partial charge in [-0.25, -0.2) is 0 Å². The molecule has 1 saturated heterocycles. The number of amides is 1. The van der Waals surface area contributed by atoms with Crippen LogP contribution in [0.4, 0.5) is 0 Å². The third-order valence-corrected chi connectivity index (χ3v) is 3.45. The fraction of sp³-hybridized carbons (Fsp3) is 0.800. The molecule has 0 aromatic heterocycles. The van der Waals surface area contributed by atoms with Crippen LogP contribution in [0.2, 0.25) is 0 Å². The molecule has 1 amide bonds. The molecule has 3 heteroatoms. The largest absolute Gasteiger partial charge is 0.356 e. The molecular formula is C10H14N2O. The molecule has 1 aliphatic carbocycles. The Balaban J connectivity index is 2.15. The lowest BCUT2D eigenvalue weighted by molar-refractivity contribution is -0.124. The average Bonchev–Trinajstić information content (AvgIpc) is 2.48. The van der Waals surface area contributed by atoms with Crippen molar-refractivity contribution >= 4 is 5.91 Å². The molecule has 0 radical (unpaired) electrons. The fourth-order valence-electron chi connectivity index (χ4n) is 2.47. The number of nitrogens with one attached hydrogen (secondary N) is 1. The molecule has 0 aromatic rings. The van der Waals surface area contributed by atoms with E-state index in [1.807, 2.05) is 6.92 Å². The highest BCUT2D eigenvalue weighted by atomic mass is 16.2. The van der Waals surface area contributed by atoms with E-state index in [0.29, 0.717) is 5.92 Å². The molecule has 3 nitrogen and oxygen atoms in total. The molecule has 0 bridgehead atoms. The summed E-state index contributed by atoms with van der Waals surface area (Å²) in [5, 5.41) is 11.8. The summed E-state index contributed by atoms with van der Waals surface area (Å²) in [6, 6.07) is 2.33. The van der Waals surface area contributed by atoms with Crippen LogP contribution in [0, 0.1) is 28.6 Å². The Morgan fingerprint density at radius 2 is 2.46 bits per heavy atom. The van der Waals surface area contributed by atoms with Gasteiger partial charge in [-0.15, -0.1) is 0 Å². The Labute approximate surface area is 78.1 Å². The Morgan fingerprint density at radius 1 is 1.69 bits per heavy atom. The highest BCUT2D eigenvalue weighted by molar-refractivity contribution is 5.81. The zero-order valence-corrected chi connectivity index (χ0v) is 7.84. The Kier molecular flexibility index (Phi) is 1.80. The number of fused-ring (bicyclic) bond motifs is 1. The molecule has 0 spiro atoms. The van der Waals surface area contributed by atoms with Gasteiger partial charge in [-0.1, -0.05) is 0 Å². The predicted molar refractivity (Wildman–Crippen MR) is 47.6 cm³/mol. The number of nitriles is 1. The Bertz CT molecular complexity index is 281. The van der Waals surface area contributed by atoms with Crippen LogP contribution >= 0.6 is 0 Å². The van der Waals surface area contributed by atoms with Crippen LogP contribution in [0.1, 0.15) is 26.2 Å². The Hall–Kier alpha value is -1.04. The van der Waals surface area contributed by atoms with E-state index >= 15 is 0 Å². The minimum atomic E-state index is -0.261. The van der Waals surface area contributed by atoms with Gasteiger partial charge in [0.05, 0.1) is 11.5 Å². The standard InChI is InChI=1S/C10H14N2O/c1-10(6-11)3-2-7-5-12-9(13)8(7)4-10/h7-8H,2-5H2,1H3,(H,12,13). The molecule has 3 atom stereocenters. The average molecular weight is 178 g/mol. The van der Waals surface area contributed by atoms with E-state index in [2.05, 4.69) is 11.4 Å². The van der Waals surface area contributed by atoms with Crippen LogP contribution in [-0.4, -0.2) is 12.5 Å². The van der Waals surface area contributed by atoms with Gasteiger partial charge in [-0.3, -0.25) is 4.79 Å². The molecular weight excluding hydrogens is 164 g/mol. The molecule has 2 fully saturated rings. The number of hydrogen-bond donors (Lipinski definition) is 1. The SMILES string of the molecule is CC1(C#N)CCC2CNC(=O)C2C1. The molecule has 2 rings (SSSR count). The zero-order chi connectivity index (χ0) is 9.47. The summed E-state index contributed by atoms with van der Waals surface area (Å²) >= 11 is 0. The van der Waals surface area contributed by atoms with Gasteiger partial charge in [0, 0.05) is 12.5 Å². The monoisotopic (exact) mass is 178 g/mol. The van der Waals surface area contributed by atoms with Crippen molar-refractivity contribution in [3.8, 4) is 6.07 Å². The summed E-state index contributed by atoms with van der Waals surface area (Å²) in [4.78, 5) is 11.4. The second-order valence-corrected chi connectivity index (χ2v) is 4.53. The summed E-state index contributed by atoms with van der Waals surface area (Å²) in [5.41, 5.74) is -0.261. The first-order valence-corrected chi connectivity index (χ1v) is 4.84. The van der Waals surface area contributed by atoms with Crippen molar-refractivity contribution in [2.75, 3.05) is 6.54 Å². The molecule has 13 heavy (non-hydrogen) atoms. The fourth-order valence-corrected chi connectivity index (χ4v) is 2.47. The number of carbonyl (C=O) groups excluding carboxylic acids is 1. The van der Waals surface area contributed by atoms with E-state index in [-0.39, 0.29) is 17.2 Å². The molecule has 3 unspecified atom stereocenters. The maximum atomic E-state index is 11.4. The quantitative estimate of drug-likeness (QED) is 0.603. The van der Waals surface area contributed by atoms with E-state index in [9.17, 15) is 4.79 Å². The second-order valence-electron chi connectivity index (χ2n) is 4.53. The molecule has 1 heterocycles. The smallest absolute Gasteiger partial charge is 0.223 e. The summed E-state index contributed by atoms with van der Waals surface area (Å²) < 4.78 is 0. The van der Waals surface area contributed by atoms with Gasteiger partial charge in [0.1, 0.15) is 0 Å². The third-order valence-electron chi connectivity index (χ3n) is 3.45. The van der Waals surface area contributed by atoms with E-state index < -0.39 is 0 Å². The maximum absolute atomic E-state index is 11.4. The number of nitrogens with zero attached hydrogens (tertiary/aromatic N) is 1. The van der Waals surface area contributed by atoms with Crippen LogP contribution in [0.15, 0.2) is 0 Å². The highest BCUT2D eigenvalue weighted by Crippen LogP contribution is 2.43. The summed E-state index contributed by atoms with van der Waals surface area (Å²) in [7, 11) is 0. The van der Waals surface area contributed by atoms with E-state index in [1.165, 1.54) is 0 Å². The lowest BCUT2D eigenvalue weighted by Crippen LogP contribution is -2.32. The van der Waals surface area contributed by atoms with Crippen LogP contribution in [0.5, 0.6) is 0 Å². The number of carbonyl (C=O) groups is 1. The van der Waals surface area contributed by atoms with Crippen molar-refractivity contribution < 1.29 is 4.79 Å². The first-order chi connectivity index (χ1) is 6.14. The minimum Gasteiger partial charge on any atom is -0.356 e. The van der Waals surface area contributed by atoms with Crippen molar-refractivity contribution in [2.24, 2.45) is 17.3 Å². The minimum absolute atomic E-state index is 0.110. The predicted octanol–water partition coefficient (Wildman–Crippen LogP) is 1.06. The topological polar surface area (TPSA) is 52.9 Å². The molecule has 2 aliphatic rings. The van der Waals surface area contributed by atoms with E-state index in [4.69, 9.17) is 5.26 Å². The van der Waals surface area contributed by atoms with Crippen molar-refractivity contribution in [3.05, 3.63) is 0 Å². The van der Waals surface area contributed by atoms with Gasteiger partial charge < -0.3 is 5.32 Å². The van der Waals surface area contributed by atoms with Crippen molar-refractivity contribution in [2.45, 2.75) is 26.2 Å². The first kappa shape index (κ1) is 8.55. The van der Waals surface area contributed by atoms with Crippen molar-refractivity contribution in [1.82, 2.24) is 5.32 Å². The van der Waals surface area contributed by atoms with Gasteiger partial charge >= 0.3 is 0 Å². The lowest BCUT2D eigenvalue weighted by atomic mass is 9.68. The van der Waals surface area contributed by atoms with Gasteiger partial charge in [-0.2, -0.15) is 5.26 Å². The van der Waals surface area contributed by atoms with Gasteiger partial charge in [0.15, 0.2) is 0 Å². The van der Waals surface area contributed by atoms with Gasteiger partial charge in [-0.05, 0) is 32.1 Å². The molecule has 0 aromatic carbocycles. The normalized spacial score (nSPS) is 43.5. The van der Waals surface area contributed by atoms with Crippen molar-refractivity contribution in [3.63, 3.8) is 0 Å². The Morgan fingerprint density at radius 3 is 3.15 bits per heavy atom. The molecule has 1 N–H and O–H groups in total. The lowest BCUT2D eigenvalue weighted by Gasteiger charge is -2.33. The van der Waals surface area contributed by atoms with E-state index in [1.54, 1.807) is 0 Å². The summed E-state index contributed by atoms with van der Waals surface area (Å²) in [6.07, 6.45) is 2.72. The van der Waals surface area contributed by atoms with Crippen LogP contribution < -0.4 is 5.32 Å². The van der Waals surface area contributed by atoms with Crippen LogP contribution in [0.3, 0.4) is 0 Å². The number of rotatable bonds is 0. The van der Waals surface area contributed by atoms with Gasteiger partial charge in [0.2, 0.25) is 5.91 Å². The third kappa shape index (κ3) is 1.31. The van der Waals surface area contributed by atoms with Gasteiger partial charge in [0.25, 0.3) is 0 Å². The second kappa shape index (κ2) is 2.73. The van der Waals surface area contributed by atoms with Crippen LogP contribution in [0.25, 0.3) is 0 Å². The summed E-state index contributed by atoms with van der Waals surface area (Å²) in [6.45, 7) is 2.79. The van der Waals surface area contributed by atoms with E-state index in [0.717, 1.165) is 25.8 Å².